The van der Waals surface area contributed by atoms with Gasteiger partial charge >= 0.3 is 5.97 Å². The second-order valence-corrected chi connectivity index (χ2v) is 13.6. The highest BCUT2D eigenvalue weighted by Crippen LogP contribution is 2.61. The van der Waals surface area contributed by atoms with Crippen molar-refractivity contribution in [2.24, 2.45) is 28.6 Å². The van der Waals surface area contributed by atoms with Crippen LogP contribution in [0.5, 0.6) is 0 Å². The van der Waals surface area contributed by atoms with Crippen LogP contribution < -0.4 is 0 Å². The van der Waals surface area contributed by atoms with Gasteiger partial charge in [-0.05, 0) is 92.0 Å². The first-order valence-corrected chi connectivity index (χ1v) is 14.8. The maximum atomic E-state index is 13.0. The van der Waals surface area contributed by atoms with E-state index in [0.29, 0.717) is 24.2 Å². The van der Waals surface area contributed by atoms with Crippen LogP contribution in [0.4, 0.5) is 0 Å². The molecule has 1 saturated heterocycles. The molecule has 7 nitrogen and oxygen atoms in total. The minimum absolute atomic E-state index is 0.0229. The summed E-state index contributed by atoms with van der Waals surface area (Å²) in [6, 6.07) is -0.878. The summed E-state index contributed by atoms with van der Waals surface area (Å²) in [5.41, 5.74) is -0.681. The van der Waals surface area contributed by atoms with E-state index in [0.717, 1.165) is 29.1 Å². The molecule has 1 heterocycles. The number of carbonyl (C=O) groups is 4. The highest BCUT2D eigenvalue weighted by atomic mass is 32.2. The lowest BCUT2D eigenvalue weighted by atomic mass is 9.49. The molecule has 4 aliphatic carbocycles. The SMILES string of the molecule is CSCCC1C(=O)/C(=C(/O)CC(C)(C)CC(=O)OCCC23CC4CC(CC(C4)C2)C3)C(=O)N1C(C)=O. The molecule has 5 fully saturated rings. The van der Waals surface area contributed by atoms with Gasteiger partial charge in [-0.3, -0.25) is 24.1 Å². The van der Waals surface area contributed by atoms with Gasteiger partial charge in [0.25, 0.3) is 5.91 Å². The number of amides is 2. The second kappa shape index (κ2) is 10.5. The number of likely N-dealkylation sites (tertiary alicyclic amines) is 1. The molecule has 36 heavy (non-hydrogen) atoms. The Morgan fingerprint density at radius 2 is 1.67 bits per heavy atom. The number of allylic oxidation sites excluding steroid dienone is 1. The number of aliphatic hydroxyl groups excluding tert-OH is 1. The maximum absolute atomic E-state index is 13.0. The van der Waals surface area contributed by atoms with Crippen molar-refractivity contribution in [3.8, 4) is 0 Å². The Morgan fingerprint density at radius 3 is 2.19 bits per heavy atom. The number of thioether (sulfide) groups is 1. The standard InChI is InChI=1S/C28H41NO6S/c1-17(30)29-21(5-8-36-4)25(33)24(26(29)34)22(31)15-27(2,3)16-23(32)35-7-6-28-12-18-9-19(13-28)11-20(10-18)14-28/h18-21,31H,5-16H2,1-4H3/b24-22-. The Labute approximate surface area is 218 Å². The van der Waals surface area contributed by atoms with Gasteiger partial charge in [-0.2, -0.15) is 11.8 Å². The molecule has 0 aromatic heterocycles. The Morgan fingerprint density at radius 1 is 1.08 bits per heavy atom. The number of esters is 1. The molecule has 2 amide bonds. The molecule has 4 saturated carbocycles. The zero-order chi connectivity index (χ0) is 26.3. The first-order chi connectivity index (χ1) is 16.9. The van der Waals surface area contributed by atoms with Gasteiger partial charge in [-0.15, -0.1) is 0 Å². The number of nitrogens with zero attached hydrogens (tertiary/aromatic N) is 1. The highest BCUT2D eigenvalue weighted by Gasteiger charge is 2.51. The third-order valence-corrected chi connectivity index (χ3v) is 9.49. The number of aliphatic hydroxyl groups is 1. The molecule has 0 aromatic rings. The molecule has 8 heteroatoms. The largest absolute Gasteiger partial charge is 0.511 e. The topological polar surface area (TPSA) is 101 Å². The van der Waals surface area contributed by atoms with E-state index in [2.05, 4.69) is 0 Å². The lowest BCUT2D eigenvalue weighted by molar-refractivity contribution is -0.148. The van der Waals surface area contributed by atoms with Crippen molar-refractivity contribution in [1.29, 1.82) is 0 Å². The van der Waals surface area contributed by atoms with Crippen molar-refractivity contribution in [3.05, 3.63) is 11.3 Å². The van der Waals surface area contributed by atoms with Crippen LogP contribution in [0.3, 0.4) is 0 Å². The molecule has 0 spiro atoms. The number of hydrogen-bond acceptors (Lipinski definition) is 7. The van der Waals surface area contributed by atoms with E-state index in [4.69, 9.17) is 4.74 Å². The van der Waals surface area contributed by atoms with Crippen molar-refractivity contribution in [2.45, 2.75) is 91.0 Å². The fourth-order valence-electron chi connectivity index (χ4n) is 7.79. The van der Waals surface area contributed by atoms with Crippen molar-refractivity contribution >= 4 is 35.3 Å². The smallest absolute Gasteiger partial charge is 0.306 e. The molecule has 1 aliphatic heterocycles. The molecule has 5 aliphatic rings. The lowest BCUT2D eigenvalue weighted by Gasteiger charge is -2.57. The van der Waals surface area contributed by atoms with Crippen LogP contribution in [-0.4, -0.2) is 58.2 Å². The quantitative estimate of drug-likeness (QED) is 0.191. The Kier molecular flexibility index (Phi) is 7.94. The van der Waals surface area contributed by atoms with Crippen molar-refractivity contribution in [2.75, 3.05) is 18.6 Å². The minimum Gasteiger partial charge on any atom is -0.511 e. The van der Waals surface area contributed by atoms with Crippen LogP contribution in [0.2, 0.25) is 0 Å². The van der Waals surface area contributed by atoms with Crippen molar-refractivity contribution in [1.82, 2.24) is 4.90 Å². The van der Waals surface area contributed by atoms with E-state index in [9.17, 15) is 24.3 Å². The van der Waals surface area contributed by atoms with E-state index in [1.54, 1.807) is 0 Å². The van der Waals surface area contributed by atoms with E-state index < -0.39 is 29.1 Å². The molecular formula is C28H41NO6S. The fourth-order valence-corrected chi connectivity index (χ4v) is 8.25. The van der Waals surface area contributed by atoms with Gasteiger partial charge in [0, 0.05) is 13.3 Å². The van der Waals surface area contributed by atoms with E-state index >= 15 is 0 Å². The number of ketones is 1. The van der Waals surface area contributed by atoms with E-state index in [1.807, 2.05) is 20.1 Å². The zero-order valence-electron chi connectivity index (χ0n) is 22.1. The second-order valence-electron chi connectivity index (χ2n) is 12.6. The van der Waals surface area contributed by atoms with Gasteiger partial charge in [-0.25, -0.2) is 0 Å². The first-order valence-electron chi connectivity index (χ1n) is 13.4. The summed E-state index contributed by atoms with van der Waals surface area (Å²) in [6.45, 7) is 5.29. The van der Waals surface area contributed by atoms with Gasteiger partial charge in [0.05, 0.1) is 13.0 Å². The lowest BCUT2D eigenvalue weighted by Crippen LogP contribution is -2.46. The Bertz CT molecular complexity index is 918. The zero-order valence-corrected chi connectivity index (χ0v) is 23.0. The minimum atomic E-state index is -0.878. The van der Waals surface area contributed by atoms with Crippen molar-refractivity contribution in [3.63, 3.8) is 0 Å². The van der Waals surface area contributed by atoms with Crippen molar-refractivity contribution < 1.29 is 29.0 Å². The molecule has 200 valence electrons. The van der Waals surface area contributed by atoms with E-state index in [-0.39, 0.29) is 30.1 Å². The summed E-state index contributed by atoms with van der Waals surface area (Å²) in [4.78, 5) is 51.5. The average molecular weight is 520 g/mol. The molecule has 4 bridgehead atoms. The number of rotatable bonds is 10. The molecule has 5 rings (SSSR count). The molecule has 1 atom stereocenters. The summed E-state index contributed by atoms with van der Waals surface area (Å²) in [5.74, 6) is 0.752. The van der Waals surface area contributed by atoms with Gasteiger partial charge in [0.2, 0.25) is 5.91 Å². The third-order valence-electron chi connectivity index (χ3n) is 8.85. The Hall–Kier alpha value is -1.83. The third kappa shape index (κ3) is 5.68. The summed E-state index contributed by atoms with van der Waals surface area (Å²) >= 11 is 1.52. The molecule has 0 aromatic carbocycles. The van der Waals surface area contributed by atoms with Gasteiger partial charge in [0.1, 0.15) is 17.4 Å². The fraction of sp³-hybridized carbons (Fsp3) is 0.786. The first kappa shape index (κ1) is 27.2. The van der Waals surface area contributed by atoms with E-state index in [1.165, 1.54) is 57.2 Å². The van der Waals surface area contributed by atoms with Crippen LogP contribution >= 0.6 is 11.8 Å². The highest BCUT2D eigenvalue weighted by molar-refractivity contribution is 7.98. The van der Waals surface area contributed by atoms with Crippen LogP contribution in [0.15, 0.2) is 11.3 Å². The average Bonchev–Trinajstić information content (AvgIpc) is 2.99. The predicted octanol–water partition coefficient (Wildman–Crippen LogP) is 4.83. The molecule has 1 N–H and O–H groups in total. The van der Waals surface area contributed by atoms with Crippen LogP contribution in [0.1, 0.15) is 85.0 Å². The summed E-state index contributed by atoms with van der Waals surface area (Å²) in [7, 11) is 0. The monoisotopic (exact) mass is 519 g/mol. The van der Waals surface area contributed by atoms with Gasteiger partial charge in [0.15, 0.2) is 5.78 Å². The predicted molar refractivity (Wildman–Crippen MR) is 138 cm³/mol. The number of hydrogen-bond donors (Lipinski definition) is 1. The molecule has 0 radical (unpaired) electrons. The molecule has 1 unspecified atom stereocenters. The number of imide groups is 1. The van der Waals surface area contributed by atoms with Crippen LogP contribution in [0, 0.1) is 28.6 Å². The summed E-state index contributed by atoms with van der Waals surface area (Å²) in [6.07, 6.45) is 11.2. The van der Waals surface area contributed by atoms with Crippen LogP contribution in [-0.2, 0) is 23.9 Å². The number of ether oxygens (including phenoxy) is 1. The maximum Gasteiger partial charge on any atom is 0.306 e. The number of Topliss-reactive ketones (excluding diaryl/α,β-unsaturated/α-hetero) is 1. The van der Waals surface area contributed by atoms with Gasteiger partial charge in [-0.1, -0.05) is 13.8 Å². The normalized spacial score (nSPS) is 32.8. The molecular weight excluding hydrogens is 478 g/mol. The Balaban J connectivity index is 1.33. The summed E-state index contributed by atoms with van der Waals surface area (Å²) in [5, 5.41) is 10.8. The van der Waals surface area contributed by atoms with Crippen LogP contribution in [0.25, 0.3) is 0 Å². The number of carbonyl (C=O) groups excluding carboxylic acids is 4. The summed E-state index contributed by atoms with van der Waals surface area (Å²) < 4.78 is 5.65. The van der Waals surface area contributed by atoms with Gasteiger partial charge < -0.3 is 9.84 Å².